The van der Waals surface area contributed by atoms with E-state index in [0.29, 0.717) is 13.0 Å². The molecule has 0 amide bonds. The number of ether oxygens (including phenoxy) is 3. The first-order valence-corrected chi connectivity index (χ1v) is 5.84. The summed E-state index contributed by atoms with van der Waals surface area (Å²) in [4.78, 5) is 11.8. The van der Waals surface area contributed by atoms with Crippen molar-refractivity contribution in [3.05, 3.63) is 0 Å². The van der Waals surface area contributed by atoms with E-state index in [4.69, 9.17) is 14.2 Å². The zero-order valence-corrected chi connectivity index (χ0v) is 10.5. The molecule has 2 atom stereocenters. The van der Waals surface area contributed by atoms with Gasteiger partial charge in [-0.15, -0.1) is 0 Å². The second kappa shape index (κ2) is 3.44. The Bertz CT molecular complexity index is 312. The lowest BCUT2D eigenvalue weighted by atomic mass is 9.78. The largest absolute Gasteiger partial charge is 0.467 e. The van der Waals surface area contributed by atoms with Gasteiger partial charge in [-0.25, -0.2) is 4.79 Å². The van der Waals surface area contributed by atoms with E-state index < -0.39 is 5.60 Å². The first kappa shape index (κ1) is 11.9. The minimum absolute atomic E-state index is 0.219. The topological polar surface area (TPSA) is 48.1 Å². The molecule has 4 heteroatoms. The van der Waals surface area contributed by atoms with E-state index in [1.165, 1.54) is 7.11 Å². The highest BCUT2D eigenvalue weighted by Gasteiger charge is 2.75. The molecule has 2 fully saturated rings. The summed E-state index contributed by atoms with van der Waals surface area (Å²) in [7, 11) is 1.42. The Hall–Kier alpha value is -0.610. The van der Waals surface area contributed by atoms with Gasteiger partial charge in [-0.1, -0.05) is 6.92 Å². The fraction of sp³-hybridized carbons (Fsp3) is 0.917. The van der Waals surface area contributed by atoms with Crippen molar-refractivity contribution in [1.29, 1.82) is 0 Å². The standard InChI is InChI=1S/C12H20O4/c1-5-12(9(13)14-4)11(16-12)6-7-15-10(2,3)8-11/h5-8H2,1-4H3. The normalized spacial score (nSPS) is 40.8. The van der Waals surface area contributed by atoms with Gasteiger partial charge in [0.05, 0.1) is 19.3 Å². The molecule has 2 rings (SSSR count). The molecule has 92 valence electrons. The van der Waals surface area contributed by atoms with Crippen molar-refractivity contribution >= 4 is 5.97 Å². The highest BCUT2D eigenvalue weighted by molar-refractivity contribution is 5.84. The Labute approximate surface area is 96.2 Å². The van der Waals surface area contributed by atoms with Crippen molar-refractivity contribution in [1.82, 2.24) is 0 Å². The number of hydrogen-bond acceptors (Lipinski definition) is 4. The van der Waals surface area contributed by atoms with Crippen LogP contribution >= 0.6 is 0 Å². The Balaban J connectivity index is 2.20. The number of carbonyl (C=O) groups is 1. The lowest BCUT2D eigenvalue weighted by Gasteiger charge is -2.35. The molecule has 0 aliphatic carbocycles. The summed E-state index contributed by atoms with van der Waals surface area (Å²) in [6.07, 6.45) is 2.19. The quantitative estimate of drug-likeness (QED) is 0.533. The third-order valence-electron chi connectivity index (χ3n) is 3.79. The van der Waals surface area contributed by atoms with Crippen LogP contribution in [0.25, 0.3) is 0 Å². The average Bonchev–Trinajstić information content (AvgIpc) is 2.83. The van der Waals surface area contributed by atoms with Gasteiger partial charge in [-0.3, -0.25) is 0 Å². The number of carbonyl (C=O) groups excluding carboxylic acids is 1. The summed E-state index contributed by atoms with van der Waals surface area (Å²) < 4.78 is 16.3. The summed E-state index contributed by atoms with van der Waals surface area (Å²) in [5.74, 6) is -0.243. The minimum Gasteiger partial charge on any atom is -0.467 e. The highest BCUT2D eigenvalue weighted by Crippen LogP contribution is 2.59. The zero-order valence-electron chi connectivity index (χ0n) is 10.5. The fourth-order valence-electron chi connectivity index (χ4n) is 2.99. The van der Waals surface area contributed by atoms with E-state index in [1.807, 2.05) is 20.8 Å². The van der Waals surface area contributed by atoms with E-state index in [0.717, 1.165) is 12.8 Å². The first-order valence-electron chi connectivity index (χ1n) is 5.84. The van der Waals surface area contributed by atoms with Gasteiger partial charge in [0.1, 0.15) is 5.60 Å². The monoisotopic (exact) mass is 228 g/mol. The number of esters is 1. The van der Waals surface area contributed by atoms with Gasteiger partial charge in [0.25, 0.3) is 0 Å². The second-order valence-corrected chi connectivity index (χ2v) is 5.30. The minimum atomic E-state index is -0.719. The van der Waals surface area contributed by atoms with Gasteiger partial charge in [0.2, 0.25) is 0 Å². The fourth-order valence-corrected chi connectivity index (χ4v) is 2.99. The van der Waals surface area contributed by atoms with Crippen LogP contribution in [0.5, 0.6) is 0 Å². The lowest BCUT2D eigenvalue weighted by Crippen LogP contribution is -2.45. The molecule has 2 aliphatic heterocycles. The predicted octanol–water partition coefficient (Wildman–Crippen LogP) is 1.67. The number of rotatable bonds is 2. The van der Waals surface area contributed by atoms with E-state index in [9.17, 15) is 4.79 Å². The van der Waals surface area contributed by atoms with Crippen molar-refractivity contribution in [3.8, 4) is 0 Å². The molecule has 0 saturated carbocycles. The molecule has 2 saturated heterocycles. The number of methoxy groups -OCH3 is 1. The molecule has 0 aromatic heterocycles. The van der Waals surface area contributed by atoms with E-state index in [1.54, 1.807) is 0 Å². The molecule has 2 unspecified atom stereocenters. The van der Waals surface area contributed by atoms with E-state index in [2.05, 4.69) is 0 Å². The third kappa shape index (κ3) is 1.47. The van der Waals surface area contributed by atoms with Crippen LogP contribution < -0.4 is 0 Å². The Morgan fingerprint density at radius 2 is 2.12 bits per heavy atom. The number of epoxide rings is 1. The third-order valence-corrected chi connectivity index (χ3v) is 3.79. The molecule has 2 aliphatic rings. The van der Waals surface area contributed by atoms with Crippen molar-refractivity contribution < 1.29 is 19.0 Å². The highest BCUT2D eigenvalue weighted by atomic mass is 16.7. The molecule has 0 aromatic rings. The van der Waals surface area contributed by atoms with Gasteiger partial charge in [0, 0.05) is 12.8 Å². The molecule has 0 bridgehead atoms. The van der Waals surface area contributed by atoms with Gasteiger partial charge in [-0.2, -0.15) is 0 Å². The summed E-state index contributed by atoms with van der Waals surface area (Å²) in [5.41, 5.74) is -1.29. The van der Waals surface area contributed by atoms with E-state index >= 15 is 0 Å². The maximum absolute atomic E-state index is 11.8. The van der Waals surface area contributed by atoms with Gasteiger partial charge < -0.3 is 14.2 Å². The molecule has 1 spiro atoms. The molecule has 2 heterocycles. The van der Waals surface area contributed by atoms with Gasteiger partial charge >= 0.3 is 5.97 Å². The van der Waals surface area contributed by atoms with Crippen LogP contribution in [0.3, 0.4) is 0 Å². The Morgan fingerprint density at radius 1 is 1.44 bits per heavy atom. The Kier molecular flexibility index (Phi) is 2.55. The maximum atomic E-state index is 11.8. The van der Waals surface area contributed by atoms with Crippen LogP contribution in [0.15, 0.2) is 0 Å². The maximum Gasteiger partial charge on any atom is 0.341 e. The molecule has 0 N–H and O–H groups in total. The van der Waals surface area contributed by atoms with E-state index in [-0.39, 0.29) is 17.2 Å². The van der Waals surface area contributed by atoms with Crippen molar-refractivity contribution in [2.24, 2.45) is 0 Å². The van der Waals surface area contributed by atoms with Crippen LogP contribution in [0.2, 0.25) is 0 Å². The number of hydrogen-bond donors (Lipinski definition) is 0. The van der Waals surface area contributed by atoms with Crippen molar-refractivity contribution in [2.75, 3.05) is 13.7 Å². The molecule has 16 heavy (non-hydrogen) atoms. The van der Waals surface area contributed by atoms with Crippen molar-refractivity contribution in [3.63, 3.8) is 0 Å². The summed E-state index contributed by atoms with van der Waals surface area (Å²) in [6.45, 7) is 6.68. The summed E-state index contributed by atoms with van der Waals surface area (Å²) in [5, 5.41) is 0. The SMILES string of the molecule is CCC1(C(=O)OC)OC12CCOC(C)(C)C2. The molecule has 4 nitrogen and oxygen atoms in total. The molecule has 0 radical (unpaired) electrons. The predicted molar refractivity (Wildman–Crippen MR) is 58.1 cm³/mol. The van der Waals surface area contributed by atoms with Gasteiger partial charge in [0.15, 0.2) is 5.60 Å². The second-order valence-electron chi connectivity index (χ2n) is 5.30. The van der Waals surface area contributed by atoms with Crippen LogP contribution in [-0.4, -0.2) is 36.5 Å². The average molecular weight is 228 g/mol. The lowest BCUT2D eigenvalue weighted by molar-refractivity contribution is -0.147. The molecular formula is C12H20O4. The Morgan fingerprint density at radius 3 is 2.62 bits per heavy atom. The first-order chi connectivity index (χ1) is 7.41. The van der Waals surface area contributed by atoms with Crippen LogP contribution in [-0.2, 0) is 19.0 Å². The van der Waals surface area contributed by atoms with Crippen LogP contribution in [0.1, 0.15) is 40.0 Å². The summed E-state index contributed by atoms with van der Waals surface area (Å²) in [6, 6.07) is 0. The van der Waals surface area contributed by atoms with Gasteiger partial charge in [-0.05, 0) is 20.3 Å². The van der Waals surface area contributed by atoms with Crippen LogP contribution in [0.4, 0.5) is 0 Å². The molecule has 0 aromatic carbocycles. The zero-order chi connectivity index (χ0) is 12.0. The van der Waals surface area contributed by atoms with Crippen LogP contribution in [0, 0.1) is 0 Å². The smallest absolute Gasteiger partial charge is 0.341 e. The summed E-state index contributed by atoms with van der Waals surface area (Å²) >= 11 is 0. The van der Waals surface area contributed by atoms with Crippen molar-refractivity contribution in [2.45, 2.75) is 56.8 Å². The molecular weight excluding hydrogens is 208 g/mol.